The number of carbonyl (C=O) groups is 2. The largest absolute Gasteiger partial charge is 0.496 e. The molecule has 1 saturated heterocycles. The van der Waals surface area contributed by atoms with Crippen LogP contribution in [0.2, 0.25) is 0 Å². The lowest BCUT2D eigenvalue weighted by molar-refractivity contribution is -0.127. The van der Waals surface area contributed by atoms with Crippen LogP contribution in [0.5, 0.6) is 11.5 Å². The predicted molar refractivity (Wildman–Crippen MR) is 104 cm³/mol. The van der Waals surface area contributed by atoms with Gasteiger partial charge in [-0.05, 0) is 37.8 Å². The first kappa shape index (κ1) is 20.2. The maximum atomic E-state index is 13.8. The monoisotopic (exact) mass is 388 g/mol. The summed E-state index contributed by atoms with van der Waals surface area (Å²) in [4.78, 5) is 28.2. The molecule has 1 saturated carbocycles. The van der Waals surface area contributed by atoms with Crippen molar-refractivity contribution in [2.75, 3.05) is 27.4 Å². The molecule has 0 unspecified atom stereocenters. The SMILES string of the molecule is C=CCNC(=O)[C@H]1COC2(CCCCC2)N1C(=O)c1c(OC)cccc1OC. The Morgan fingerprint density at radius 3 is 2.46 bits per heavy atom. The van der Waals surface area contributed by atoms with Crippen molar-refractivity contribution < 1.29 is 23.8 Å². The molecular formula is C21H28N2O5. The summed E-state index contributed by atoms with van der Waals surface area (Å²) in [5, 5.41) is 2.80. The molecule has 7 heteroatoms. The number of benzene rings is 1. The van der Waals surface area contributed by atoms with Crippen LogP contribution in [0.4, 0.5) is 0 Å². The van der Waals surface area contributed by atoms with Gasteiger partial charge in [0.2, 0.25) is 5.91 Å². The van der Waals surface area contributed by atoms with Gasteiger partial charge < -0.3 is 19.5 Å². The van der Waals surface area contributed by atoms with Gasteiger partial charge >= 0.3 is 0 Å². The minimum atomic E-state index is -0.766. The van der Waals surface area contributed by atoms with Crippen LogP contribution < -0.4 is 14.8 Å². The number of hydrogen-bond acceptors (Lipinski definition) is 5. The van der Waals surface area contributed by atoms with E-state index in [0.717, 1.165) is 19.3 Å². The maximum Gasteiger partial charge on any atom is 0.264 e. The summed E-state index contributed by atoms with van der Waals surface area (Å²) in [6.45, 7) is 4.14. The molecule has 1 aliphatic heterocycles. The number of amides is 2. The molecular weight excluding hydrogens is 360 g/mol. The minimum absolute atomic E-state index is 0.173. The zero-order chi connectivity index (χ0) is 20.1. The van der Waals surface area contributed by atoms with E-state index >= 15 is 0 Å². The Labute approximate surface area is 165 Å². The minimum Gasteiger partial charge on any atom is -0.496 e. The van der Waals surface area contributed by atoms with Crippen LogP contribution in [0.3, 0.4) is 0 Å². The number of nitrogens with zero attached hydrogens (tertiary/aromatic N) is 1. The van der Waals surface area contributed by atoms with Crippen molar-refractivity contribution in [3.8, 4) is 11.5 Å². The van der Waals surface area contributed by atoms with Crippen molar-refractivity contribution in [1.29, 1.82) is 0 Å². The highest BCUT2D eigenvalue weighted by atomic mass is 16.5. The molecule has 1 N–H and O–H groups in total. The van der Waals surface area contributed by atoms with E-state index in [2.05, 4.69) is 11.9 Å². The molecule has 3 rings (SSSR count). The van der Waals surface area contributed by atoms with Crippen LogP contribution in [0, 0.1) is 0 Å². The highest BCUT2D eigenvalue weighted by Crippen LogP contribution is 2.43. The van der Waals surface area contributed by atoms with Gasteiger partial charge in [-0.15, -0.1) is 6.58 Å². The molecule has 1 aliphatic carbocycles. The fourth-order valence-corrected chi connectivity index (χ4v) is 4.14. The Hall–Kier alpha value is -2.54. The van der Waals surface area contributed by atoms with Gasteiger partial charge in [0, 0.05) is 6.54 Å². The lowest BCUT2D eigenvalue weighted by Gasteiger charge is -2.41. The normalized spacial score (nSPS) is 20.6. The number of nitrogens with one attached hydrogen (secondary N) is 1. The second-order valence-corrected chi connectivity index (χ2v) is 7.08. The molecule has 2 fully saturated rings. The number of hydrogen-bond donors (Lipinski definition) is 1. The average molecular weight is 388 g/mol. The Morgan fingerprint density at radius 2 is 1.89 bits per heavy atom. The third-order valence-electron chi connectivity index (χ3n) is 5.48. The summed E-state index contributed by atoms with van der Waals surface area (Å²) in [7, 11) is 3.02. The molecule has 2 amide bonds. The van der Waals surface area contributed by atoms with Crippen molar-refractivity contribution in [1.82, 2.24) is 10.2 Å². The summed E-state index contributed by atoms with van der Waals surface area (Å²) in [6, 6.07) is 4.49. The van der Waals surface area contributed by atoms with Gasteiger partial charge in [0.15, 0.2) is 0 Å². The molecule has 1 aromatic rings. The van der Waals surface area contributed by atoms with Gasteiger partial charge in [-0.25, -0.2) is 0 Å². The molecule has 28 heavy (non-hydrogen) atoms. The van der Waals surface area contributed by atoms with Crippen molar-refractivity contribution in [2.45, 2.75) is 43.9 Å². The molecule has 0 radical (unpaired) electrons. The first-order valence-electron chi connectivity index (χ1n) is 9.65. The van der Waals surface area contributed by atoms with Gasteiger partial charge in [0.1, 0.15) is 28.8 Å². The highest BCUT2D eigenvalue weighted by Gasteiger charge is 2.53. The maximum absolute atomic E-state index is 13.8. The van der Waals surface area contributed by atoms with E-state index in [-0.39, 0.29) is 18.4 Å². The zero-order valence-electron chi connectivity index (χ0n) is 16.5. The fourth-order valence-electron chi connectivity index (χ4n) is 4.14. The molecule has 1 heterocycles. The first-order chi connectivity index (χ1) is 13.6. The van der Waals surface area contributed by atoms with Gasteiger partial charge in [0.25, 0.3) is 5.91 Å². The molecule has 2 aliphatic rings. The zero-order valence-corrected chi connectivity index (χ0v) is 16.5. The van der Waals surface area contributed by atoms with Gasteiger partial charge in [-0.3, -0.25) is 14.5 Å². The van der Waals surface area contributed by atoms with E-state index in [0.29, 0.717) is 36.4 Å². The number of rotatable bonds is 6. The highest BCUT2D eigenvalue weighted by molar-refractivity contribution is 6.02. The standard InChI is InChI=1S/C21H28N2O5/c1-4-13-22-19(24)15-14-28-21(11-6-5-7-12-21)23(15)20(25)18-16(26-2)9-8-10-17(18)27-3/h4,8-10,15H,1,5-7,11-14H2,2-3H3,(H,22,24)/t15-/m1/s1. The molecule has 1 aromatic carbocycles. The lowest BCUT2D eigenvalue weighted by Crippen LogP contribution is -2.56. The lowest BCUT2D eigenvalue weighted by atomic mass is 9.89. The third kappa shape index (κ3) is 3.58. The fraction of sp³-hybridized carbons (Fsp3) is 0.524. The number of carbonyl (C=O) groups excluding carboxylic acids is 2. The van der Waals surface area contributed by atoms with Crippen LogP contribution in [0.1, 0.15) is 42.5 Å². The molecule has 0 aromatic heterocycles. The average Bonchev–Trinajstić information content (AvgIpc) is 3.09. The van der Waals surface area contributed by atoms with Crippen molar-refractivity contribution in [2.24, 2.45) is 0 Å². The predicted octanol–water partition coefficient (Wildman–Crippen LogP) is 2.51. The van der Waals surface area contributed by atoms with Crippen molar-refractivity contribution >= 4 is 11.8 Å². The Balaban J connectivity index is 2.03. The van der Waals surface area contributed by atoms with E-state index < -0.39 is 11.8 Å². The molecule has 1 atom stereocenters. The van der Waals surface area contributed by atoms with Crippen LogP contribution in [0.15, 0.2) is 30.9 Å². The van der Waals surface area contributed by atoms with Crippen LogP contribution in [-0.4, -0.2) is 55.9 Å². The second-order valence-electron chi connectivity index (χ2n) is 7.08. The smallest absolute Gasteiger partial charge is 0.264 e. The Kier molecular flexibility index (Phi) is 6.24. The molecule has 0 bridgehead atoms. The van der Waals surface area contributed by atoms with E-state index in [1.54, 1.807) is 29.2 Å². The molecule has 152 valence electrons. The summed E-state index contributed by atoms with van der Waals surface area (Å²) in [5.41, 5.74) is -0.457. The first-order valence-corrected chi connectivity index (χ1v) is 9.65. The number of methoxy groups -OCH3 is 2. The van der Waals surface area contributed by atoms with Crippen molar-refractivity contribution in [3.05, 3.63) is 36.4 Å². The van der Waals surface area contributed by atoms with E-state index in [9.17, 15) is 9.59 Å². The van der Waals surface area contributed by atoms with E-state index in [4.69, 9.17) is 14.2 Å². The third-order valence-corrected chi connectivity index (χ3v) is 5.48. The topological polar surface area (TPSA) is 77.1 Å². The summed E-state index contributed by atoms with van der Waals surface area (Å²) < 4.78 is 17.0. The van der Waals surface area contributed by atoms with Crippen molar-refractivity contribution in [3.63, 3.8) is 0 Å². The van der Waals surface area contributed by atoms with E-state index in [1.165, 1.54) is 14.2 Å². The quantitative estimate of drug-likeness (QED) is 0.758. The summed E-state index contributed by atoms with van der Waals surface area (Å²) in [6.07, 6.45) is 6.03. The molecule has 7 nitrogen and oxygen atoms in total. The second kappa shape index (κ2) is 8.65. The van der Waals surface area contributed by atoms with Crippen LogP contribution in [-0.2, 0) is 9.53 Å². The van der Waals surface area contributed by atoms with E-state index in [1.807, 2.05) is 0 Å². The molecule has 1 spiro atoms. The Morgan fingerprint density at radius 1 is 1.25 bits per heavy atom. The summed E-state index contributed by atoms with van der Waals surface area (Å²) in [5.74, 6) is 0.261. The van der Waals surface area contributed by atoms with Gasteiger partial charge in [-0.1, -0.05) is 18.6 Å². The van der Waals surface area contributed by atoms with Crippen LogP contribution in [0.25, 0.3) is 0 Å². The van der Waals surface area contributed by atoms with Gasteiger partial charge in [0.05, 0.1) is 20.8 Å². The number of ether oxygens (including phenoxy) is 3. The Bertz CT molecular complexity index is 720. The summed E-state index contributed by atoms with van der Waals surface area (Å²) >= 11 is 0. The van der Waals surface area contributed by atoms with Gasteiger partial charge in [-0.2, -0.15) is 0 Å². The van der Waals surface area contributed by atoms with Crippen LogP contribution >= 0.6 is 0 Å².